The molecule has 0 spiro atoms. The summed E-state index contributed by atoms with van der Waals surface area (Å²) in [7, 11) is 0. The van der Waals surface area contributed by atoms with Crippen molar-refractivity contribution in [1.82, 2.24) is 0 Å². The van der Waals surface area contributed by atoms with Crippen LogP contribution < -0.4 is 0 Å². The summed E-state index contributed by atoms with van der Waals surface area (Å²) in [6.07, 6.45) is 0.604. The zero-order valence-corrected chi connectivity index (χ0v) is 11.7. The van der Waals surface area contributed by atoms with Crippen LogP contribution in [0.3, 0.4) is 0 Å². The van der Waals surface area contributed by atoms with Crippen LogP contribution in [0.5, 0.6) is 0 Å². The number of hydrogen-bond donors (Lipinski definition) is 1. The second-order valence-electron chi connectivity index (χ2n) is 6.82. The van der Waals surface area contributed by atoms with Crippen molar-refractivity contribution in [3.8, 4) is 0 Å². The molecule has 1 saturated carbocycles. The van der Waals surface area contributed by atoms with Crippen molar-refractivity contribution in [3.63, 3.8) is 0 Å². The number of benzene rings is 1. The smallest absolute Gasteiger partial charge is 0.165 e. The van der Waals surface area contributed by atoms with E-state index in [9.17, 15) is 14.3 Å². The van der Waals surface area contributed by atoms with E-state index in [0.29, 0.717) is 18.4 Å². The van der Waals surface area contributed by atoms with Crippen molar-refractivity contribution < 1.29 is 19.0 Å². The first-order valence-electron chi connectivity index (χ1n) is 6.95. The number of ketones is 1. The topological polar surface area (TPSA) is 49.8 Å². The van der Waals surface area contributed by atoms with E-state index >= 15 is 0 Å². The van der Waals surface area contributed by atoms with Gasteiger partial charge in [-0.1, -0.05) is 26.0 Å². The zero-order chi connectivity index (χ0) is 14.5. The molecule has 108 valence electrons. The van der Waals surface area contributed by atoms with Crippen molar-refractivity contribution in [1.29, 1.82) is 0 Å². The molecular formula is C16H19FO3. The van der Waals surface area contributed by atoms with Crippen molar-refractivity contribution in [3.05, 3.63) is 35.6 Å². The number of halogens is 1. The Morgan fingerprint density at radius 3 is 2.70 bits per heavy atom. The van der Waals surface area contributed by atoms with Gasteiger partial charge in [0.25, 0.3) is 0 Å². The van der Waals surface area contributed by atoms with Gasteiger partial charge in [-0.25, -0.2) is 4.39 Å². The summed E-state index contributed by atoms with van der Waals surface area (Å²) in [4.78, 5) is 12.0. The predicted molar refractivity (Wildman–Crippen MR) is 71.6 cm³/mol. The third-order valence-corrected chi connectivity index (χ3v) is 4.29. The number of hydrogen-bond acceptors (Lipinski definition) is 3. The Morgan fingerprint density at radius 1 is 1.40 bits per heavy atom. The molecule has 1 aromatic rings. The van der Waals surface area contributed by atoms with Gasteiger partial charge in [0.2, 0.25) is 0 Å². The monoisotopic (exact) mass is 278 g/mol. The molecule has 20 heavy (non-hydrogen) atoms. The van der Waals surface area contributed by atoms with E-state index < -0.39 is 11.7 Å². The largest absolute Gasteiger partial charge is 0.388 e. The van der Waals surface area contributed by atoms with Crippen LogP contribution >= 0.6 is 0 Å². The van der Waals surface area contributed by atoms with Crippen molar-refractivity contribution in [2.45, 2.75) is 50.9 Å². The summed E-state index contributed by atoms with van der Waals surface area (Å²) in [6, 6.07) is 5.81. The van der Waals surface area contributed by atoms with Crippen LogP contribution in [0.4, 0.5) is 4.39 Å². The zero-order valence-electron chi connectivity index (χ0n) is 11.7. The molecule has 0 aromatic heterocycles. The Hall–Kier alpha value is -1.26. The normalized spacial score (nSPS) is 32.6. The lowest BCUT2D eigenvalue weighted by molar-refractivity contribution is -0.123. The van der Waals surface area contributed by atoms with Crippen LogP contribution in [0.1, 0.15) is 44.8 Å². The molecule has 0 radical (unpaired) electrons. The first-order valence-corrected chi connectivity index (χ1v) is 6.95. The fourth-order valence-electron chi connectivity index (χ4n) is 3.49. The fourth-order valence-corrected chi connectivity index (χ4v) is 3.49. The molecular weight excluding hydrogens is 259 g/mol. The summed E-state index contributed by atoms with van der Waals surface area (Å²) in [5.74, 6) is -0.193. The van der Waals surface area contributed by atoms with Gasteiger partial charge in [-0.2, -0.15) is 0 Å². The number of fused-ring (bicyclic) bond motifs is 1. The molecule has 0 amide bonds. The molecule has 1 saturated heterocycles. The van der Waals surface area contributed by atoms with Crippen molar-refractivity contribution in [2.75, 3.05) is 0 Å². The highest BCUT2D eigenvalue weighted by Crippen LogP contribution is 2.56. The van der Waals surface area contributed by atoms with Gasteiger partial charge in [0.05, 0.1) is 6.10 Å². The first-order chi connectivity index (χ1) is 9.31. The van der Waals surface area contributed by atoms with Crippen LogP contribution in [0, 0.1) is 11.2 Å². The molecule has 2 aliphatic rings. The lowest BCUT2D eigenvalue weighted by Gasteiger charge is -2.32. The van der Waals surface area contributed by atoms with Gasteiger partial charge in [-0.15, -0.1) is 0 Å². The number of carbonyl (C=O) groups is 1. The van der Waals surface area contributed by atoms with Gasteiger partial charge in [0.15, 0.2) is 5.78 Å². The first kappa shape index (κ1) is 13.7. The highest BCUT2D eigenvalue weighted by atomic mass is 19.1. The lowest BCUT2D eigenvalue weighted by atomic mass is 9.70. The van der Waals surface area contributed by atoms with E-state index in [-0.39, 0.29) is 23.1 Å². The highest BCUT2D eigenvalue weighted by Gasteiger charge is 2.65. The Labute approximate surface area is 117 Å². The van der Waals surface area contributed by atoms with Crippen LogP contribution in [-0.2, 0) is 9.53 Å². The third-order valence-electron chi connectivity index (χ3n) is 4.29. The van der Waals surface area contributed by atoms with Crippen molar-refractivity contribution in [2.24, 2.45) is 5.41 Å². The second-order valence-corrected chi connectivity index (χ2v) is 6.82. The maximum Gasteiger partial charge on any atom is 0.165 e. The molecule has 1 aliphatic heterocycles. The molecule has 3 unspecified atom stereocenters. The average Bonchev–Trinajstić information content (AvgIpc) is 3.02. The van der Waals surface area contributed by atoms with E-state index in [1.54, 1.807) is 12.1 Å². The number of Topliss-reactive ketones (excluding diaryl/α,β-unsaturated/α-hetero) is 1. The lowest BCUT2D eigenvalue weighted by Crippen LogP contribution is -2.37. The number of ether oxygens (including phenoxy) is 1. The molecule has 4 heteroatoms. The van der Waals surface area contributed by atoms with Crippen LogP contribution in [0.15, 0.2) is 24.3 Å². The number of aliphatic hydroxyl groups is 1. The quantitative estimate of drug-likeness (QED) is 0.865. The van der Waals surface area contributed by atoms with Gasteiger partial charge < -0.3 is 9.84 Å². The Morgan fingerprint density at radius 2 is 2.05 bits per heavy atom. The molecule has 1 aromatic carbocycles. The average molecular weight is 278 g/mol. The number of rotatable bonds is 3. The summed E-state index contributed by atoms with van der Waals surface area (Å²) in [5, 5.41) is 10.3. The van der Waals surface area contributed by atoms with Gasteiger partial charge in [0.1, 0.15) is 17.5 Å². The predicted octanol–water partition coefficient (Wildman–Crippen LogP) is 2.78. The molecule has 2 fully saturated rings. The standard InChI is InChI=1S/C16H19FO3/c1-15(2)7-13(19)14-16(9-15,20-14)8-12(18)10-3-5-11(17)6-4-10/h3-6,12,14,18H,7-9H2,1-2H3. The number of carbonyl (C=O) groups excluding carboxylic acids is 1. The minimum Gasteiger partial charge on any atom is -0.388 e. The van der Waals surface area contributed by atoms with Gasteiger partial charge >= 0.3 is 0 Å². The minimum atomic E-state index is -0.734. The van der Waals surface area contributed by atoms with Gasteiger partial charge in [-0.05, 0) is 29.5 Å². The Kier molecular flexibility index (Phi) is 2.99. The molecule has 3 nitrogen and oxygen atoms in total. The van der Waals surface area contributed by atoms with Crippen LogP contribution in [-0.4, -0.2) is 22.6 Å². The van der Waals surface area contributed by atoms with Crippen molar-refractivity contribution >= 4 is 5.78 Å². The highest BCUT2D eigenvalue weighted by molar-refractivity contribution is 5.88. The van der Waals surface area contributed by atoms with E-state index in [0.717, 1.165) is 6.42 Å². The number of aliphatic hydroxyl groups excluding tert-OH is 1. The van der Waals surface area contributed by atoms with E-state index in [4.69, 9.17) is 4.74 Å². The van der Waals surface area contributed by atoms with Crippen LogP contribution in [0.25, 0.3) is 0 Å². The fraction of sp³-hybridized carbons (Fsp3) is 0.562. The maximum atomic E-state index is 12.9. The second kappa shape index (κ2) is 4.37. The summed E-state index contributed by atoms with van der Waals surface area (Å²) >= 11 is 0. The Balaban J connectivity index is 1.75. The summed E-state index contributed by atoms with van der Waals surface area (Å²) < 4.78 is 18.5. The number of epoxide rings is 1. The molecule has 3 atom stereocenters. The molecule has 1 heterocycles. The van der Waals surface area contributed by atoms with Crippen LogP contribution in [0.2, 0.25) is 0 Å². The van der Waals surface area contributed by atoms with E-state index in [1.807, 2.05) is 0 Å². The maximum absolute atomic E-state index is 12.9. The molecule has 3 rings (SSSR count). The van der Waals surface area contributed by atoms with E-state index in [2.05, 4.69) is 13.8 Å². The molecule has 0 bridgehead atoms. The SMILES string of the molecule is CC1(C)CC(=O)C2OC2(CC(O)c2ccc(F)cc2)C1. The summed E-state index contributed by atoms with van der Waals surface area (Å²) in [6.45, 7) is 4.10. The minimum absolute atomic E-state index is 0.0907. The summed E-state index contributed by atoms with van der Waals surface area (Å²) in [5.41, 5.74) is 0.0463. The van der Waals surface area contributed by atoms with Gasteiger partial charge in [-0.3, -0.25) is 4.79 Å². The van der Waals surface area contributed by atoms with E-state index in [1.165, 1.54) is 12.1 Å². The third kappa shape index (κ3) is 2.38. The Bertz CT molecular complexity index is 537. The molecule has 1 aliphatic carbocycles. The molecule has 1 N–H and O–H groups in total. The van der Waals surface area contributed by atoms with Gasteiger partial charge in [0, 0.05) is 12.8 Å².